The van der Waals surface area contributed by atoms with Gasteiger partial charge in [0.2, 0.25) is 5.75 Å². The number of nitrogens with zero attached hydrogens (tertiary/aromatic N) is 3. The summed E-state index contributed by atoms with van der Waals surface area (Å²) in [6, 6.07) is 15.0. The highest BCUT2D eigenvalue weighted by Crippen LogP contribution is 2.42. The molecule has 4 aromatic rings. The third kappa shape index (κ3) is 3.67. The number of phenolic OH excluding ortho intramolecular Hbond substituents is 1. The highest BCUT2D eigenvalue weighted by Gasteiger charge is 2.33. The SMILES string of the molecule is O=c1/c(=C\c2cc(I)c(O)c([N+](=O)[O-])c2)sc2n1[C@H](c1cccs1)C1=C(N=2)c2ccccc2CC1. The number of hydrogen-bond acceptors (Lipinski definition) is 7. The summed E-state index contributed by atoms with van der Waals surface area (Å²) in [5, 5.41) is 23.4. The van der Waals surface area contributed by atoms with Crippen molar-refractivity contribution in [2.24, 2.45) is 4.99 Å². The second-order valence-corrected chi connectivity index (χ2v) is 11.4. The fourth-order valence-electron chi connectivity index (χ4n) is 4.70. The van der Waals surface area contributed by atoms with E-state index in [1.165, 1.54) is 23.0 Å². The second kappa shape index (κ2) is 8.54. The van der Waals surface area contributed by atoms with Crippen LogP contribution in [0.15, 0.2) is 69.3 Å². The van der Waals surface area contributed by atoms with Gasteiger partial charge in [0, 0.05) is 16.5 Å². The van der Waals surface area contributed by atoms with E-state index in [-0.39, 0.29) is 23.0 Å². The minimum atomic E-state index is -0.626. The van der Waals surface area contributed by atoms with Gasteiger partial charge in [0.25, 0.3) is 5.56 Å². The lowest BCUT2D eigenvalue weighted by molar-refractivity contribution is -0.386. The molecule has 7 nitrogen and oxygen atoms in total. The van der Waals surface area contributed by atoms with E-state index in [2.05, 4.69) is 18.2 Å². The Hall–Kier alpha value is -3.09. The monoisotopic (exact) mass is 613 g/mol. The van der Waals surface area contributed by atoms with Crippen molar-refractivity contribution in [1.82, 2.24) is 4.57 Å². The normalized spacial score (nSPS) is 16.9. The number of thiophene rings is 1. The number of aromatic hydroxyl groups is 1. The summed E-state index contributed by atoms with van der Waals surface area (Å²) < 4.78 is 2.54. The first kappa shape index (κ1) is 22.4. The van der Waals surface area contributed by atoms with Gasteiger partial charge in [-0.25, -0.2) is 4.99 Å². The molecule has 0 amide bonds. The van der Waals surface area contributed by atoms with E-state index in [0.29, 0.717) is 18.5 Å². The van der Waals surface area contributed by atoms with Crippen LogP contribution in [0.3, 0.4) is 0 Å². The molecule has 2 aromatic heterocycles. The Morgan fingerprint density at radius 3 is 2.80 bits per heavy atom. The van der Waals surface area contributed by atoms with Crippen LogP contribution in [-0.4, -0.2) is 14.6 Å². The molecular formula is C25H16IN3O4S2. The summed E-state index contributed by atoms with van der Waals surface area (Å²) in [6.07, 6.45) is 3.36. The summed E-state index contributed by atoms with van der Waals surface area (Å²) in [5.41, 5.74) is 4.35. The van der Waals surface area contributed by atoms with Crippen LogP contribution in [0.4, 0.5) is 5.69 Å². The number of nitro benzene ring substituents is 1. The van der Waals surface area contributed by atoms with Crippen LogP contribution < -0.4 is 14.9 Å². The molecule has 0 unspecified atom stereocenters. The summed E-state index contributed by atoms with van der Waals surface area (Å²) in [6.45, 7) is 0. The number of aryl methyl sites for hydroxylation is 1. The number of nitro groups is 1. The third-order valence-electron chi connectivity index (χ3n) is 6.25. The number of rotatable bonds is 3. The molecule has 0 saturated carbocycles. The van der Waals surface area contributed by atoms with Gasteiger partial charge in [0.1, 0.15) is 0 Å². The zero-order valence-corrected chi connectivity index (χ0v) is 21.8. The second-order valence-electron chi connectivity index (χ2n) is 8.26. The van der Waals surface area contributed by atoms with Crippen molar-refractivity contribution in [2.45, 2.75) is 18.9 Å². The number of phenols is 1. The molecule has 0 fully saturated rings. The molecule has 35 heavy (non-hydrogen) atoms. The standard InChI is InChI=1S/C25H16IN3O4S2/c26-17-10-13(11-18(23(17)30)29(32)33)12-20-24(31)28-22(19-6-3-9-34-19)16-8-7-14-4-1-2-5-15(14)21(16)27-25(28)35-20/h1-6,9-12,22,30H,7-8H2/b20-12+/t22-/m0/s1. The van der Waals surface area contributed by atoms with Crippen LogP contribution in [0.5, 0.6) is 5.75 Å². The van der Waals surface area contributed by atoms with Crippen LogP contribution in [0.25, 0.3) is 11.8 Å². The Morgan fingerprint density at radius 2 is 2.03 bits per heavy atom. The molecule has 3 heterocycles. The lowest BCUT2D eigenvalue weighted by Crippen LogP contribution is -2.38. The van der Waals surface area contributed by atoms with E-state index in [1.807, 2.05) is 46.2 Å². The summed E-state index contributed by atoms with van der Waals surface area (Å²) in [7, 11) is 0. The quantitative estimate of drug-likeness (QED) is 0.208. The average molecular weight is 613 g/mol. The minimum absolute atomic E-state index is 0.178. The van der Waals surface area contributed by atoms with Crippen LogP contribution in [0.2, 0.25) is 0 Å². The van der Waals surface area contributed by atoms with Gasteiger partial charge >= 0.3 is 5.69 Å². The molecule has 2 aliphatic rings. The van der Waals surface area contributed by atoms with Crippen LogP contribution >= 0.6 is 45.3 Å². The van der Waals surface area contributed by atoms with E-state index < -0.39 is 4.92 Å². The van der Waals surface area contributed by atoms with E-state index in [9.17, 15) is 20.0 Å². The minimum Gasteiger partial charge on any atom is -0.501 e. The highest BCUT2D eigenvalue weighted by atomic mass is 127. The number of fused-ring (bicyclic) bond motifs is 3. The van der Waals surface area contributed by atoms with Crippen LogP contribution in [-0.2, 0) is 6.42 Å². The molecule has 2 aromatic carbocycles. The maximum Gasteiger partial charge on any atom is 0.312 e. The van der Waals surface area contributed by atoms with Crippen molar-refractivity contribution in [3.63, 3.8) is 0 Å². The van der Waals surface area contributed by atoms with E-state index >= 15 is 0 Å². The smallest absolute Gasteiger partial charge is 0.312 e. The average Bonchev–Trinajstić information content (AvgIpc) is 3.48. The van der Waals surface area contributed by atoms with Gasteiger partial charge in [-0.2, -0.15) is 0 Å². The topological polar surface area (TPSA) is 97.7 Å². The predicted octanol–water partition coefficient (Wildman–Crippen LogP) is 4.60. The molecule has 1 aliphatic carbocycles. The first-order chi connectivity index (χ1) is 16.9. The lowest BCUT2D eigenvalue weighted by Gasteiger charge is -2.30. The Balaban J connectivity index is 1.60. The van der Waals surface area contributed by atoms with E-state index in [1.54, 1.807) is 28.0 Å². The first-order valence-electron chi connectivity index (χ1n) is 10.8. The molecule has 174 valence electrons. The van der Waals surface area contributed by atoms with Crippen molar-refractivity contribution in [1.29, 1.82) is 0 Å². The Bertz CT molecular complexity index is 1740. The van der Waals surface area contributed by atoms with Gasteiger partial charge in [-0.3, -0.25) is 19.5 Å². The number of hydrogen-bond donors (Lipinski definition) is 1. The molecule has 0 saturated heterocycles. The molecule has 6 rings (SSSR count). The fraction of sp³-hybridized carbons (Fsp3) is 0.120. The lowest BCUT2D eigenvalue weighted by atomic mass is 9.85. The summed E-state index contributed by atoms with van der Waals surface area (Å²) in [5.74, 6) is -0.377. The molecule has 0 radical (unpaired) electrons. The zero-order chi connectivity index (χ0) is 24.3. The fourth-order valence-corrected chi connectivity index (χ4v) is 7.18. The van der Waals surface area contributed by atoms with Gasteiger partial charge in [-0.15, -0.1) is 11.3 Å². The zero-order valence-electron chi connectivity index (χ0n) is 18.0. The van der Waals surface area contributed by atoms with Crippen molar-refractivity contribution in [2.75, 3.05) is 0 Å². The van der Waals surface area contributed by atoms with Crippen molar-refractivity contribution in [3.8, 4) is 5.75 Å². The molecule has 1 aliphatic heterocycles. The van der Waals surface area contributed by atoms with E-state index in [0.717, 1.165) is 34.6 Å². The number of aromatic nitrogens is 1. The van der Waals surface area contributed by atoms with E-state index in [4.69, 9.17) is 4.99 Å². The number of thiazole rings is 1. The Morgan fingerprint density at radius 1 is 1.20 bits per heavy atom. The molecule has 1 atom stereocenters. The summed E-state index contributed by atoms with van der Waals surface area (Å²) >= 11 is 4.74. The Labute approximate surface area is 220 Å². The molecule has 10 heteroatoms. The number of allylic oxidation sites excluding steroid dienone is 1. The van der Waals surface area contributed by atoms with Crippen LogP contribution in [0.1, 0.15) is 34.0 Å². The van der Waals surface area contributed by atoms with Gasteiger partial charge in [-0.05, 0) is 75.7 Å². The first-order valence-corrected chi connectivity index (χ1v) is 13.5. The van der Waals surface area contributed by atoms with Gasteiger partial charge in [-0.1, -0.05) is 41.7 Å². The molecule has 1 N–H and O–H groups in total. The highest BCUT2D eigenvalue weighted by molar-refractivity contribution is 14.1. The van der Waals surface area contributed by atoms with Crippen LogP contribution in [0, 0.1) is 13.7 Å². The molecule has 0 bridgehead atoms. The summed E-state index contributed by atoms with van der Waals surface area (Å²) in [4.78, 5) is 31.1. The number of halogens is 1. The number of benzene rings is 2. The van der Waals surface area contributed by atoms with Crippen molar-refractivity contribution < 1.29 is 10.0 Å². The van der Waals surface area contributed by atoms with Crippen molar-refractivity contribution in [3.05, 3.63) is 114 Å². The van der Waals surface area contributed by atoms with Gasteiger partial charge in [0.05, 0.1) is 24.8 Å². The largest absolute Gasteiger partial charge is 0.501 e. The molecular weight excluding hydrogens is 597 g/mol. The molecule has 0 spiro atoms. The Kier molecular flexibility index (Phi) is 5.46. The maximum absolute atomic E-state index is 13.7. The predicted molar refractivity (Wildman–Crippen MR) is 145 cm³/mol. The maximum atomic E-state index is 13.7. The van der Waals surface area contributed by atoms with Crippen molar-refractivity contribution >= 4 is 62.7 Å². The third-order valence-corrected chi connectivity index (χ3v) is 8.98. The van der Waals surface area contributed by atoms with Gasteiger partial charge in [0.15, 0.2) is 4.80 Å². The van der Waals surface area contributed by atoms with Gasteiger partial charge < -0.3 is 5.11 Å².